The summed E-state index contributed by atoms with van der Waals surface area (Å²) in [5, 5.41) is 11.4. The van der Waals surface area contributed by atoms with Gasteiger partial charge in [0.2, 0.25) is 0 Å². The molecular weight excluding hydrogens is 222 g/mol. The van der Waals surface area contributed by atoms with Crippen molar-refractivity contribution in [2.75, 3.05) is 0 Å². The van der Waals surface area contributed by atoms with E-state index >= 15 is 0 Å². The molecule has 1 aromatic heterocycles. The highest BCUT2D eigenvalue weighted by atomic mass is 35.5. The summed E-state index contributed by atoms with van der Waals surface area (Å²) in [6.07, 6.45) is 2.71. The van der Waals surface area contributed by atoms with E-state index in [1.807, 2.05) is 0 Å². The Balaban J connectivity index is 3.31. The molecule has 0 aromatic carbocycles. The van der Waals surface area contributed by atoms with Crippen molar-refractivity contribution in [3.05, 3.63) is 28.0 Å². The van der Waals surface area contributed by atoms with Crippen LogP contribution in [0.25, 0.3) is 0 Å². The average molecular weight is 225 g/mol. The maximum atomic E-state index is 8.36. The van der Waals surface area contributed by atoms with Crippen molar-refractivity contribution in [2.24, 2.45) is 5.16 Å². The molecule has 3 nitrogen and oxygen atoms in total. The lowest BCUT2D eigenvalue weighted by atomic mass is 10.3. The quantitative estimate of drug-likeness (QED) is 0.454. The highest BCUT2D eigenvalue weighted by Gasteiger charge is 2.10. The van der Waals surface area contributed by atoms with Crippen LogP contribution in [-0.2, 0) is 0 Å². The molecular formula is C6H3Cl3N2O. The molecule has 0 bridgehead atoms. The Hall–Kier alpha value is -0.510. The summed E-state index contributed by atoms with van der Waals surface area (Å²) in [5.74, 6) is 0. The van der Waals surface area contributed by atoms with Crippen molar-refractivity contribution >= 4 is 40.0 Å². The van der Waals surface area contributed by atoms with E-state index in [1.165, 1.54) is 12.4 Å². The van der Waals surface area contributed by atoms with Crippen LogP contribution < -0.4 is 0 Å². The molecule has 1 heterocycles. The Labute approximate surface area is 83.6 Å². The van der Waals surface area contributed by atoms with Crippen LogP contribution in [0.5, 0.6) is 0 Å². The lowest BCUT2D eigenvalue weighted by molar-refractivity contribution is 0.321. The fourth-order valence-corrected chi connectivity index (χ4v) is 1.50. The van der Waals surface area contributed by atoms with Gasteiger partial charge in [0.05, 0.1) is 15.6 Å². The van der Waals surface area contributed by atoms with Gasteiger partial charge in [-0.15, -0.1) is 0 Å². The predicted molar refractivity (Wildman–Crippen MR) is 48.4 cm³/mol. The molecule has 0 fully saturated rings. The van der Waals surface area contributed by atoms with E-state index < -0.39 is 0 Å². The second kappa shape index (κ2) is 3.94. The zero-order chi connectivity index (χ0) is 9.14. The van der Waals surface area contributed by atoms with Gasteiger partial charge in [-0.3, -0.25) is 4.98 Å². The first kappa shape index (κ1) is 9.58. The van der Waals surface area contributed by atoms with Crippen LogP contribution in [-0.4, -0.2) is 15.4 Å². The fourth-order valence-electron chi connectivity index (χ4n) is 0.658. The van der Waals surface area contributed by atoms with Crippen LogP contribution in [0.2, 0.25) is 10.0 Å². The highest BCUT2D eigenvalue weighted by Crippen LogP contribution is 2.24. The second-order valence-electron chi connectivity index (χ2n) is 1.87. The molecule has 1 rings (SSSR count). The minimum Gasteiger partial charge on any atom is -0.410 e. The SMILES string of the molecule is O/N=C(\Cl)c1c(Cl)cncc1Cl. The summed E-state index contributed by atoms with van der Waals surface area (Å²) < 4.78 is 0. The van der Waals surface area contributed by atoms with Gasteiger partial charge in [-0.05, 0) is 0 Å². The zero-order valence-corrected chi connectivity index (χ0v) is 7.90. The molecule has 12 heavy (non-hydrogen) atoms. The van der Waals surface area contributed by atoms with Gasteiger partial charge in [0.25, 0.3) is 0 Å². The largest absolute Gasteiger partial charge is 0.410 e. The molecule has 6 heteroatoms. The number of hydrogen-bond donors (Lipinski definition) is 1. The Morgan fingerprint density at radius 1 is 1.33 bits per heavy atom. The molecule has 0 radical (unpaired) electrons. The van der Waals surface area contributed by atoms with Crippen LogP contribution in [0, 0.1) is 0 Å². The molecule has 0 aliphatic carbocycles. The van der Waals surface area contributed by atoms with Gasteiger partial charge in [0, 0.05) is 12.4 Å². The van der Waals surface area contributed by atoms with Gasteiger partial charge >= 0.3 is 0 Å². The monoisotopic (exact) mass is 224 g/mol. The normalized spacial score (nSPS) is 11.8. The standard InChI is InChI=1S/C6H3Cl3N2O/c7-3-1-10-2-4(8)5(3)6(9)11-12/h1-2,12H/b11-6-. The molecule has 0 aliphatic rings. The van der Waals surface area contributed by atoms with Crippen molar-refractivity contribution in [3.8, 4) is 0 Å². The van der Waals surface area contributed by atoms with E-state index in [-0.39, 0.29) is 20.8 Å². The number of halogens is 3. The van der Waals surface area contributed by atoms with Gasteiger partial charge in [-0.25, -0.2) is 0 Å². The predicted octanol–water partition coefficient (Wildman–Crippen LogP) is 2.76. The lowest BCUT2D eigenvalue weighted by Crippen LogP contribution is -1.94. The molecule has 0 atom stereocenters. The second-order valence-corrected chi connectivity index (χ2v) is 3.04. The lowest BCUT2D eigenvalue weighted by Gasteiger charge is -2.00. The molecule has 0 amide bonds. The third-order valence-corrected chi connectivity index (χ3v) is 1.99. The third kappa shape index (κ3) is 1.80. The summed E-state index contributed by atoms with van der Waals surface area (Å²) in [6.45, 7) is 0. The van der Waals surface area contributed by atoms with Crippen molar-refractivity contribution < 1.29 is 5.21 Å². The summed E-state index contributed by atoms with van der Waals surface area (Å²) in [7, 11) is 0. The van der Waals surface area contributed by atoms with Crippen LogP contribution >= 0.6 is 34.8 Å². The van der Waals surface area contributed by atoms with Gasteiger partial charge in [-0.1, -0.05) is 40.0 Å². The number of hydrogen-bond acceptors (Lipinski definition) is 3. The van der Waals surface area contributed by atoms with E-state index in [0.717, 1.165) is 0 Å². The van der Waals surface area contributed by atoms with Crippen LogP contribution in [0.3, 0.4) is 0 Å². The molecule has 1 aromatic rings. The van der Waals surface area contributed by atoms with E-state index in [2.05, 4.69) is 10.1 Å². The average Bonchev–Trinajstić information content (AvgIpc) is 2.03. The Bertz CT molecular complexity index is 306. The Morgan fingerprint density at radius 3 is 2.25 bits per heavy atom. The topological polar surface area (TPSA) is 45.5 Å². The third-order valence-electron chi connectivity index (χ3n) is 1.15. The number of aromatic nitrogens is 1. The Morgan fingerprint density at radius 2 is 1.83 bits per heavy atom. The summed E-state index contributed by atoms with van der Waals surface area (Å²) in [4.78, 5) is 3.70. The number of rotatable bonds is 1. The van der Waals surface area contributed by atoms with Crippen molar-refractivity contribution in [2.45, 2.75) is 0 Å². The minimum absolute atomic E-state index is 0.160. The van der Waals surface area contributed by atoms with Crippen LogP contribution in [0.15, 0.2) is 17.5 Å². The summed E-state index contributed by atoms with van der Waals surface area (Å²) >= 11 is 16.9. The number of pyridine rings is 1. The molecule has 0 saturated carbocycles. The van der Waals surface area contributed by atoms with Gasteiger partial charge in [-0.2, -0.15) is 0 Å². The smallest absolute Gasteiger partial charge is 0.178 e. The first-order chi connectivity index (χ1) is 5.66. The first-order valence-electron chi connectivity index (χ1n) is 2.83. The molecule has 0 saturated heterocycles. The molecule has 0 unspecified atom stereocenters. The first-order valence-corrected chi connectivity index (χ1v) is 3.97. The van der Waals surface area contributed by atoms with E-state index in [1.54, 1.807) is 0 Å². The highest BCUT2D eigenvalue weighted by molar-refractivity contribution is 6.71. The van der Waals surface area contributed by atoms with Crippen molar-refractivity contribution in [1.82, 2.24) is 4.98 Å². The van der Waals surface area contributed by atoms with E-state index in [0.29, 0.717) is 0 Å². The van der Waals surface area contributed by atoms with E-state index in [9.17, 15) is 0 Å². The van der Waals surface area contributed by atoms with Crippen LogP contribution in [0.4, 0.5) is 0 Å². The fraction of sp³-hybridized carbons (Fsp3) is 0. The molecule has 0 spiro atoms. The molecule has 0 aliphatic heterocycles. The Kier molecular flexibility index (Phi) is 3.14. The van der Waals surface area contributed by atoms with Gasteiger partial charge in [0.1, 0.15) is 0 Å². The summed E-state index contributed by atoms with van der Waals surface area (Å²) in [5.41, 5.74) is 0.275. The zero-order valence-electron chi connectivity index (χ0n) is 5.63. The number of oxime groups is 1. The maximum Gasteiger partial charge on any atom is 0.178 e. The van der Waals surface area contributed by atoms with Gasteiger partial charge < -0.3 is 5.21 Å². The number of nitrogens with zero attached hydrogens (tertiary/aromatic N) is 2. The van der Waals surface area contributed by atoms with Crippen molar-refractivity contribution in [1.29, 1.82) is 0 Å². The van der Waals surface area contributed by atoms with E-state index in [4.69, 9.17) is 40.0 Å². The van der Waals surface area contributed by atoms with Gasteiger partial charge in [0.15, 0.2) is 5.17 Å². The summed E-state index contributed by atoms with van der Waals surface area (Å²) in [6, 6.07) is 0. The van der Waals surface area contributed by atoms with Crippen molar-refractivity contribution in [3.63, 3.8) is 0 Å². The maximum absolute atomic E-state index is 8.36. The van der Waals surface area contributed by atoms with Crippen LogP contribution in [0.1, 0.15) is 5.56 Å². The molecule has 1 N–H and O–H groups in total. The minimum atomic E-state index is -0.160. The molecule has 64 valence electrons.